The third-order valence-corrected chi connectivity index (χ3v) is 2.52. The molecule has 0 spiro atoms. The number of hydrogen-bond donors (Lipinski definition) is 2. The molecule has 0 bridgehead atoms. The molecule has 2 N–H and O–H groups in total. The highest BCUT2D eigenvalue weighted by atomic mass is 16.5. The van der Waals surface area contributed by atoms with Crippen LogP contribution in [0.25, 0.3) is 0 Å². The summed E-state index contributed by atoms with van der Waals surface area (Å²) < 4.78 is 5.03. The lowest BCUT2D eigenvalue weighted by molar-refractivity contribution is 0.388. The molecule has 0 saturated carbocycles. The van der Waals surface area contributed by atoms with E-state index in [0.29, 0.717) is 6.54 Å². The van der Waals surface area contributed by atoms with Crippen molar-refractivity contribution >= 4 is 11.6 Å². The van der Waals surface area contributed by atoms with Crippen molar-refractivity contribution in [3.63, 3.8) is 0 Å². The Morgan fingerprint density at radius 1 is 1.17 bits per heavy atom. The summed E-state index contributed by atoms with van der Waals surface area (Å²) in [5, 5.41) is 10.1. The van der Waals surface area contributed by atoms with Gasteiger partial charge in [0.05, 0.1) is 12.7 Å². The molecule has 18 heavy (non-hydrogen) atoms. The van der Waals surface area contributed by atoms with Gasteiger partial charge in [0.25, 0.3) is 0 Å². The van der Waals surface area contributed by atoms with E-state index in [0.717, 1.165) is 35.3 Å². The topological polar surface area (TPSA) is 75.9 Å². The van der Waals surface area contributed by atoms with Gasteiger partial charge in [-0.25, -0.2) is 9.97 Å². The van der Waals surface area contributed by atoms with Crippen molar-refractivity contribution in [1.29, 1.82) is 0 Å². The van der Waals surface area contributed by atoms with Crippen LogP contribution in [-0.4, -0.2) is 21.7 Å². The Balaban J connectivity index is 2.16. The lowest BCUT2D eigenvalue weighted by atomic mass is 10.3. The number of anilines is 2. The first-order valence-electron chi connectivity index (χ1n) is 5.93. The Labute approximate surface area is 106 Å². The van der Waals surface area contributed by atoms with Crippen LogP contribution in [0.5, 0.6) is 0 Å². The summed E-state index contributed by atoms with van der Waals surface area (Å²) in [6.07, 6.45) is 1.62. The summed E-state index contributed by atoms with van der Waals surface area (Å²) in [6.45, 7) is 7.29. The van der Waals surface area contributed by atoms with Gasteiger partial charge in [0, 0.05) is 18.2 Å². The second-order valence-electron chi connectivity index (χ2n) is 3.96. The predicted molar refractivity (Wildman–Crippen MR) is 69.5 cm³/mol. The lowest BCUT2D eigenvalue weighted by Crippen LogP contribution is -2.09. The molecule has 2 heterocycles. The Morgan fingerprint density at radius 3 is 2.50 bits per heavy atom. The Hall–Kier alpha value is -2.11. The van der Waals surface area contributed by atoms with Crippen molar-refractivity contribution in [2.75, 3.05) is 17.2 Å². The highest BCUT2D eigenvalue weighted by Crippen LogP contribution is 2.20. The maximum absolute atomic E-state index is 5.03. The Morgan fingerprint density at radius 2 is 1.89 bits per heavy atom. The fourth-order valence-electron chi connectivity index (χ4n) is 1.64. The van der Waals surface area contributed by atoms with E-state index in [1.54, 1.807) is 6.20 Å². The molecule has 0 fully saturated rings. The van der Waals surface area contributed by atoms with Gasteiger partial charge in [0.1, 0.15) is 17.5 Å². The molecule has 6 nitrogen and oxygen atoms in total. The van der Waals surface area contributed by atoms with Crippen LogP contribution in [0.2, 0.25) is 0 Å². The zero-order valence-corrected chi connectivity index (χ0v) is 10.8. The van der Waals surface area contributed by atoms with E-state index < -0.39 is 0 Å². The molecular formula is C12H17N5O. The average Bonchev–Trinajstić information content (AvgIpc) is 2.85. The molecule has 6 heteroatoms. The second-order valence-corrected chi connectivity index (χ2v) is 3.96. The van der Waals surface area contributed by atoms with Gasteiger partial charge in [-0.05, 0) is 20.8 Å². The molecule has 0 amide bonds. The minimum absolute atomic E-state index is 0.558. The van der Waals surface area contributed by atoms with E-state index in [9.17, 15) is 0 Å². The first-order valence-corrected chi connectivity index (χ1v) is 5.93. The molecule has 0 aromatic carbocycles. The van der Waals surface area contributed by atoms with Gasteiger partial charge in [-0.2, -0.15) is 0 Å². The zero-order chi connectivity index (χ0) is 13.0. The van der Waals surface area contributed by atoms with Crippen molar-refractivity contribution in [3.8, 4) is 0 Å². The maximum Gasteiger partial charge on any atom is 0.155 e. The summed E-state index contributed by atoms with van der Waals surface area (Å²) in [5.41, 5.74) is 1.00. The van der Waals surface area contributed by atoms with Crippen LogP contribution >= 0.6 is 0 Å². The normalized spacial score (nSPS) is 10.4. The lowest BCUT2D eigenvalue weighted by Gasteiger charge is -2.12. The third kappa shape index (κ3) is 2.77. The molecule has 96 valence electrons. The van der Waals surface area contributed by atoms with Crippen molar-refractivity contribution in [1.82, 2.24) is 15.1 Å². The van der Waals surface area contributed by atoms with Crippen molar-refractivity contribution < 1.29 is 4.52 Å². The van der Waals surface area contributed by atoms with Crippen LogP contribution in [0.15, 0.2) is 16.8 Å². The van der Waals surface area contributed by atoms with E-state index in [1.807, 2.05) is 26.8 Å². The van der Waals surface area contributed by atoms with Crippen LogP contribution < -0.4 is 10.6 Å². The first-order chi connectivity index (χ1) is 8.70. The minimum atomic E-state index is 0.558. The summed E-state index contributed by atoms with van der Waals surface area (Å²) in [7, 11) is 0. The van der Waals surface area contributed by atoms with Crippen LogP contribution in [0, 0.1) is 13.8 Å². The molecule has 0 aliphatic carbocycles. The van der Waals surface area contributed by atoms with Gasteiger partial charge in [0.2, 0.25) is 0 Å². The van der Waals surface area contributed by atoms with Crippen LogP contribution in [0.1, 0.15) is 24.1 Å². The number of rotatable bonds is 5. The molecule has 0 aliphatic rings. The first kappa shape index (κ1) is 12.3. The molecule has 2 aromatic heterocycles. The predicted octanol–water partition coefficient (Wildman–Crippen LogP) is 2.13. The molecule has 0 aliphatic heterocycles. The third-order valence-electron chi connectivity index (χ3n) is 2.52. The summed E-state index contributed by atoms with van der Waals surface area (Å²) >= 11 is 0. The molecule has 2 aromatic rings. The molecule has 0 saturated heterocycles. The largest absolute Gasteiger partial charge is 0.370 e. The minimum Gasteiger partial charge on any atom is -0.370 e. The van der Waals surface area contributed by atoms with E-state index in [2.05, 4.69) is 25.8 Å². The number of hydrogen-bond acceptors (Lipinski definition) is 6. The van der Waals surface area contributed by atoms with Gasteiger partial charge < -0.3 is 15.2 Å². The SMILES string of the molecule is CCNc1nc(C)nc(NCc2ccno2)c1C. The van der Waals surface area contributed by atoms with Gasteiger partial charge in [0.15, 0.2) is 5.76 Å². The van der Waals surface area contributed by atoms with Gasteiger partial charge in [-0.3, -0.25) is 0 Å². The number of aryl methyl sites for hydroxylation is 1. The van der Waals surface area contributed by atoms with E-state index >= 15 is 0 Å². The maximum atomic E-state index is 5.03. The standard InChI is InChI=1S/C12H17N5O/c1-4-13-11-8(2)12(17-9(3)16-11)14-7-10-5-6-15-18-10/h5-6H,4,7H2,1-3H3,(H2,13,14,16,17). The fraction of sp³-hybridized carbons (Fsp3) is 0.417. The van der Waals surface area contributed by atoms with E-state index in [4.69, 9.17) is 4.52 Å². The highest BCUT2D eigenvalue weighted by Gasteiger charge is 2.08. The van der Waals surface area contributed by atoms with Crippen molar-refractivity contribution in [3.05, 3.63) is 29.4 Å². The Bertz CT molecular complexity index is 509. The summed E-state index contributed by atoms with van der Waals surface area (Å²) in [4.78, 5) is 8.76. The van der Waals surface area contributed by atoms with E-state index in [1.165, 1.54) is 0 Å². The molecule has 0 atom stereocenters. The molecule has 0 radical (unpaired) electrons. The van der Waals surface area contributed by atoms with E-state index in [-0.39, 0.29) is 0 Å². The fourth-order valence-corrected chi connectivity index (χ4v) is 1.64. The van der Waals surface area contributed by atoms with Crippen molar-refractivity contribution in [2.45, 2.75) is 27.3 Å². The Kier molecular flexibility index (Phi) is 3.76. The van der Waals surface area contributed by atoms with Gasteiger partial charge >= 0.3 is 0 Å². The molecule has 0 unspecified atom stereocenters. The van der Waals surface area contributed by atoms with Crippen LogP contribution in [0.3, 0.4) is 0 Å². The molecular weight excluding hydrogens is 230 g/mol. The smallest absolute Gasteiger partial charge is 0.155 e. The summed E-state index contributed by atoms with van der Waals surface area (Å²) in [6, 6.07) is 1.82. The monoisotopic (exact) mass is 247 g/mol. The molecule has 2 rings (SSSR count). The van der Waals surface area contributed by atoms with Crippen LogP contribution in [-0.2, 0) is 6.54 Å². The number of aromatic nitrogens is 3. The van der Waals surface area contributed by atoms with Gasteiger partial charge in [-0.1, -0.05) is 5.16 Å². The van der Waals surface area contributed by atoms with Crippen molar-refractivity contribution in [2.24, 2.45) is 0 Å². The average molecular weight is 247 g/mol. The van der Waals surface area contributed by atoms with Crippen LogP contribution in [0.4, 0.5) is 11.6 Å². The second kappa shape index (κ2) is 5.48. The highest BCUT2D eigenvalue weighted by molar-refractivity contribution is 5.57. The van der Waals surface area contributed by atoms with Gasteiger partial charge in [-0.15, -0.1) is 0 Å². The summed E-state index contributed by atoms with van der Waals surface area (Å²) in [5.74, 6) is 3.19. The number of nitrogens with zero attached hydrogens (tertiary/aromatic N) is 3. The number of nitrogens with one attached hydrogen (secondary N) is 2. The zero-order valence-electron chi connectivity index (χ0n) is 10.8. The quantitative estimate of drug-likeness (QED) is 0.843.